The molecule has 1 aliphatic rings. The van der Waals surface area contributed by atoms with Gasteiger partial charge in [0.1, 0.15) is 5.82 Å². The number of carbonyl (C=O) groups excluding carboxylic acids is 1. The highest BCUT2D eigenvalue weighted by molar-refractivity contribution is 5.97. The largest absolute Gasteiger partial charge is 0.379 e. The molecule has 0 aliphatic carbocycles. The number of aryl methyl sites for hydroxylation is 1. The molecule has 1 atom stereocenters. The van der Waals surface area contributed by atoms with Gasteiger partial charge in [0.25, 0.3) is 5.91 Å². The molecule has 0 bridgehead atoms. The quantitative estimate of drug-likeness (QED) is 0.742. The Kier molecular flexibility index (Phi) is 5.41. The molecule has 1 amide bonds. The van der Waals surface area contributed by atoms with E-state index in [9.17, 15) is 4.79 Å². The maximum absolute atomic E-state index is 12.6. The topological polar surface area (TPSA) is 59.4 Å². The third kappa shape index (κ3) is 3.79. The Morgan fingerprint density at radius 1 is 1.18 bits per heavy atom. The van der Waals surface area contributed by atoms with E-state index >= 15 is 0 Å². The fourth-order valence-corrected chi connectivity index (χ4v) is 3.73. The normalized spacial score (nSPS) is 16.2. The lowest BCUT2D eigenvalue weighted by Crippen LogP contribution is -2.47. The van der Waals surface area contributed by atoms with Crippen molar-refractivity contribution in [3.05, 3.63) is 59.9 Å². The van der Waals surface area contributed by atoms with Gasteiger partial charge in [0.15, 0.2) is 0 Å². The first kappa shape index (κ1) is 18.7. The molecular formula is C22H26N4O2. The van der Waals surface area contributed by atoms with Crippen LogP contribution in [0.2, 0.25) is 0 Å². The molecule has 28 heavy (non-hydrogen) atoms. The van der Waals surface area contributed by atoms with Crippen molar-refractivity contribution in [3.63, 3.8) is 0 Å². The Bertz CT molecular complexity index is 961. The molecule has 1 aliphatic heterocycles. The lowest BCUT2D eigenvalue weighted by atomic mass is 10.1. The van der Waals surface area contributed by atoms with Gasteiger partial charge in [-0.15, -0.1) is 0 Å². The highest BCUT2D eigenvalue weighted by Crippen LogP contribution is 2.22. The van der Waals surface area contributed by atoms with Gasteiger partial charge in [0.05, 0.1) is 24.2 Å². The number of rotatable bonds is 5. The number of ether oxygens (including phenoxy) is 1. The molecule has 1 N–H and O–H groups in total. The second kappa shape index (κ2) is 8.12. The maximum Gasteiger partial charge on any atom is 0.251 e. The van der Waals surface area contributed by atoms with E-state index in [4.69, 9.17) is 4.74 Å². The fraction of sp³-hybridized carbons (Fsp3) is 0.364. The standard InChI is InChI=1S/C22H26N4O2/c1-16(25-10-12-28-13-11-25)15-23-22(27)18-8-9-21-20(14-18)24-17(2)26(21)19-6-4-3-5-7-19/h3-9,14,16H,10-13,15H2,1-2H3,(H,23,27)/t16-/m1/s1. The second-order valence-electron chi connectivity index (χ2n) is 7.24. The van der Waals surface area contributed by atoms with Crippen LogP contribution in [0.1, 0.15) is 23.1 Å². The average Bonchev–Trinajstić information content (AvgIpc) is 3.07. The van der Waals surface area contributed by atoms with E-state index in [0.29, 0.717) is 12.1 Å². The molecule has 6 nitrogen and oxygen atoms in total. The van der Waals surface area contributed by atoms with E-state index in [1.165, 1.54) is 0 Å². The molecule has 1 aromatic heterocycles. The molecule has 0 radical (unpaired) electrons. The summed E-state index contributed by atoms with van der Waals surface area (Å²) < 4.78 is 7.50. The van der Waals surface area contributed by atoms with Crippen LogP contribution >= 0.6 is 0 Å². The summed E-state index contributed by atoms with van der Waals surface area (Å²) in [5.74, 6) is 0.841. The molecule has 0 saturated carbocycles. The number of hydrogen-bond acceptors (Lipinski definition) is 4. The number of amides is 1. The van der Waals surface area contributed by atoms with Gasteiger partial charge in [-0.05, 0) is 44.2 Å². The van der Waals surface area contributed by atoms with Crippen LogP contribution in [-0.2, 0) is 4.74 Å². The Labute approximate surface area is 165 Å². The fourth-order valence-electron chi connectivity index (χ4n) is 3.73. The summed E-state index contributed by atoms with van der Waals surface area (Å²) in [6, 6.07) is 16.1. The lowest BCUT2D eigenvalue weighted by Gasteiger charge is -2.32. The summed E-state index contributed by atoms with van der Waals surface area (Å²) in [6.45, 7) is 8.10. The van der Waals surface area contributed by atoms with Gasteiger partial charge in [-0.3, -0.25) is 14.3 Å². The zero-order chi connectivity index (χ0) is 19.5. The number of imidazole rings is 1. The van der Waals surface area contributed by atoms with E-state index in [1.807, 2.05) is 43.3 Å². The molecule has 2 aromatic carbocycles. The number of benzene rings is 2. The molecule has 4 rings (SSSR count). The summed E-state index contributed by atoms with van der Waals surface area (Å²) in [7, 11) is 0. The second-order valence-corrected chi connectivity index (χ2v) is 7.24. The first-order chi connectivity index (χ1) is 13.6. The van der Waals surface area contributed by atoms with Crippen LogP contribution in [0.4, 0.5) is 0 Å². The van der Waals surface area contributed by atoms with Crippen LogP contribution in [0.3, 0.4) is 0 Å². The van der Waals surface area contributed by atoms with E-state index in [0.717, 1.165) is 48.8 Å². The van der Waals surface area contributed by atoms with Crippen molar-refractivity contribution in [2.24, 2.45) is 0 Å². The number of para-hydroxylation sites is 1. The zero-order valence-corrected chi connectivity index (χ0v) is 16.4. The summed E-state index contributed by atoms with van der Waals surface area (Å²) in [4.78, 5) is 19.7. The van der Waals surface area contributed by atoms with Gasteiger partial charge in [0.2, 0.25) is 0 Å². The van der Waals surface area contributed by atoms with Crippen LogP contribution in [0.15, 0.2) is 48.5 Å². The van der Waals surface area contributed by atoms with Gasteiger partial charge in [-0.25, -0.2) is 4.98 Å². The number of carbonyl (C=O) groups is 1. The van der Waals surface area contributed by atoms with Crippen molar-refractivity contribution in [3.8, 4) is 5.69 Å². The van der Waals surface area contributed by atoms with E-state index in [2.05, 4.69) is 38.8 Å². The smallest absolute Gasteiger partial charge is 0.251 e. The van der Waals surface area contributed by atoms with Gasteiger partial charge >= 0.3 is 0 Å². The number of nitrogens with one attached hydrogen (secondary N) is 1. The minimum absolute atomic E-state index is 0.0612. The SMILES string of the molecule is Cc1nc2cc(C(=O)NC[C@@H](C)N3CCOCC3)ccc2n1-c1ccccc1. The van der Waals surface area contributed by atoms with Crippen LogP contribution in [0.5, 0.6) is 0 Å². The van der Waals surface area contributed by atoms with Crippen molar-refractivity contribution in [2.75, 3.05) is 32.8 Å². The van der Waals surface area contributed by atoms with Gasteiger partial charge in [0, 0.05) is 36.9 Å². The minimum Gasteiger partial charge on any atom is -0.379 e. The number of morpholine rings is 1. The highest BCUT2D eigenvalue weighted by atomic mass is 16.5. The lowest BCUT2D eigenvalue weighted by molar-refractivity contribution is 0.0204. The highest BCUT2D eigenvalue weighted by Gasteiger charge is 2.18. The number of fused-ring (bicyclic) bond motifs is 1. The van der Waals surface area contributed by atoms with Crippen molar-refractivity contribution in [2.45, 2.75) is 19.9 Å². The Morgan fingerprint density at radius 3 is 2.68 bits per heavy atom. The Morgan fingerprint density at radius 2 is 1.93 bits per heavy atom. The minimum atomic E-state index is -0.0612. The molecule has 146 valence electrons. The molecule has 2 heterocycles. The first-order valence-corrected chi connectivity index (χ1v) is 9.78. The third-order valence-corrected chi connectivity index (χ3v) is 5.33. The Hall–Kier alpha value is -2.70. The van der Waals surface area contributed by atoms with Gasteiger partial charge < -0.3 is 10.1 Å². The van der Waals surface area contributed by atoms with Crippen LogP contribution in [-0.4, -0.2) is 59.2 Å². The van der Waals surface area contributed by atoms with Crippen molar-refractivity contribution in [1.82, 2.24) is 19.8 Å². The summed E-state index contributed by atoms with van der Waals surface area (Å²) >= 11 is 0. The molecule has 0 unspecified atom stereocenters. The predicted octanol–water partition coefficient (Wildman–Crippen LogP) is 2.78. The number of hydrogen-bond donors (Lipinski definition) is 1. The summed E-state index contributed by atoms with van der Waals surface area (Å²) in [5.41, 5.74) is 3.54. The third-order valence-electron chi connectivity index (χ3n) is 5.33. The monoisotopic (exact) mass is 378 g/mol. The van der Waals surface area contributed by atoms with Crippen LogP contribution in [0.25, 0.3) is 16.7 Å². The molecule has 3 aromatic rings. The van der Waals surface area contributed by atoms with Crippen molar-refractivity contribution < 1.29 is 9.53 Å². The van der Waals surface area contributed by atoms with Crippen molar-refractivity contribution in [1.29, 1.82) is 0 Å². The van der Waals surface area contributed by atoms with Gasteiger partial charge in [-0.1, -0.05) is 18.2 Å². The van der Waals surface area contributed by atoms with Crippen LogP contribution in [0, 0.1) is 6.92 Å². The molecule has 1 saturated heterocycles. The van der Waals surface area contributed by atoms with Gasteiger partial charge in [-0.2, -0.15) is 0 Å². The van der Waals surface area contributed by atoms with E-state index in [1.54, 1.807) is 0 Å². The number of aromatic nitrogens is 2. The molecule has 6 heteroatoms. The van der Waals surface area contributed by atoms with E-state index < -0.39 is 0 Å². The Balaban J connectivity index is 1.49. The molecule has 0 spiro atoms. The molecular weight excluding hydrogens is 352 g/mol. The predicted molar refractivity (Wildman–Crippen MR) is 110 cm³/mol. The zero-order valence-electron chi connectivity index (χ0n) is 16.4. The summed E-state index contributed by atoms with van der Waals surface area (Å²) in [6.07, 6.45) is 0. The molecule has 1 fully saturated rings. The average molecular weight is 378 g/mol. The van der Waals surface area contributed by atoms with E-state index in [-0.39, 0.29) is 11.9 Å². The number of nitrogens with zero attached hydrogens (tertiary/aromatic N) is 3. The first-order valence-electron chi connectivity index (χ1n) is 9.78. The summed E-state index contributed by atoms with van der Waals surface area (Å²) in [5, 5.41) is 3.06. The van der Waals surface area contributed by atoms with Crippen molar-refractivity contribution >= 4 is 16.9 Å². The maximum atomic E-state index is 12.6. The van der Waals surface area contributed by atoms with Crippen LogP contribution < -0.4 is 5.32 Å².